The second kappa shape index (κ2) is 7.12. The van der Waals surface area contributed by atoms with Gasteiger partial charge >= 0.3 is 0 Å². The number of aromatic hydroxyl groups is 1. The van der Waals surface area contributed by atoms with E-state index in [0.29, 0.717) is 11.4 Å². The molecule has 5 atom stereocenters. The number of rotatable bonds is 5. The van der Waals surface area contributed by atoms with Crippen LogP contribution in [0.5, 0.6) is 11.5 Å². The zero-order valence-electron chi connectivity index (χ0n) is 12.1. The van der Waals surface area contributed by atoms with Crippen molar-refractivity contribution in [3.05, 3.63) is 18.2 Å². The molecular weight excluding hydrogens is 294 g/mol. The van der Waals surface area contributed by atoms with Crippen molar-refractivity contribution in [1.82, 2.24) is 0 Å². The van der Waals surface area contributed by atoms with Gasteiger partial charge in [-0.25, -0.2) is 0 Å². The van der Waals surface area contributed by atoms with Crippen molar-refractivity contribution < 1.29 is 35.0 Å². The van der Waals surface area contributed by atoms with E-state index in [1.807, 2.05) is 0 Å². The van der Waals surface area contributed by atoms with Gasteiger partial charge in [0.15, 0.2) is 11.5 Å². The smallest absolute Gasteiger partial charge is 0.162 e. The number of phenolic OH excluding ortho intramolecular Hbond substituents is 1. The SMILES string of the molecule is COc1cc(NCC2O[C@H](CO)[C@@H](O)[C@H](O)[C@H]2O)ccc1O. The largest absolute Gasteiger partial charge is 0.504 e. The Morgan fingerprint density at radius 3 is 2.45 bits per heavy atom. The summed E-state index contributed by atoms with van der Waals surface area (Å²) in [5.74, 6) is 0.291. The van der Waals surface area contributed by atoms with Gasteiger partial charge in [0, 0.05) is 18.3 Å². The Balaban J connectivity index is 2.01. The van der Waals surface area contributed by atoms with Crippen molar-refractivity contribution in [2.45, 2.75) is 30.5 Å². The number of ether oxygens (including phenoxy) is 2. The molecule has 8 nitrogen and oxygen atoms in total. The van der Waals surface area contributed by atoms with E-state index in [4.69, 9.17) is 14.6 Å². The van der Waals surface area contributed by atoms with Crippen LogP contribution in [0.25, 0.3) is 0 Å². The quantitative estimate of drug-likeness (QED) is 0.368. The van der Waals surface area contributed by atoms with E-state index in [2.05, 4.69) is 5.32 Å². The standard InChI is InChI=1S/C14H21NO7/c1-21-9-4-7(2-3-8(9)17)15-5-10-12(18)14(20)13(19)11(6-16)22-10/h2-4,10-20H,5-6H2,1H3/t10?,11-,12+,13-,14-/m1/s1. The van der Waals surface area contributed by atoms with Gasteiger partial charge in [0.25, 0.3) is 0 Å². The van der Waals surface area contributed by atoms with Gasteiger partial charge in [-0.2, -0.15) is 0 Å². The zero-order chi connectivity index (χ0) is 16.3. The Bertz CT molecular complexity index is 496. The summed E-state index contributed by atoms with van der Waals surface area (Å²) in [6.07, 6.45) is -5.80. The molecule has 0 bridgehead atoms. The number of phenols is 1. The Morgan fingerprint density at radius 2 is 1.82 bits per heavy atom. The fourth-order valence-corrected chi connectivity index (χ4v) is 2.35. The molecule has 2 rings (SSSR count). The summed E-state index contributed by atoms with van der Waals surface area (Å²) < 4.78 is 10.4. The molecule has 1 heterocycles. The molecule has 0 spiro atoms. The highest BCUT2D eigenvalue weighted by Gasteiger charge is 2.43. The van der Waals surface area contributed by atoms with Crippen LogP contribution in [0.2, 0.25) is 0 Å². The van der Waals surface area contributed by atoms with Crippen molar-refractivity contribution in [1.29, 1.82) is 0 Å². The molecule has 0 saturated carbocycles. The molecule has 1 saturated heterocycles. The van der Waals surface area contributed by atoms with Gasteiger partial charge in [-0.15, -0.1) is 0 Å². The van der Waals surface area contributed by atoms with Crippen LogP contribution in [0, 0.1) is 0 Å². The van der Waals surface area contributed by atoms with E-state index in [1.54, 1.807) is 12.1 Å². The third kappa shape index (κ3) is 3.42. The van der Waals surface area contributed by atoms with E-state index >= 15 is 0 Å². The molecule has 1 aromatic rings. The molecule has 124 valence electrons. The summed E-state index contributed by atoms with van der Waals surface area (Å²) in [5, 5.41) is 51.0. The van der Waals surface area contributed by atoms with E-state index in [9.17, 15) is 20.4 Å². The van der Waals surface area contributed by atoms with Gasteiger partial charge in [0.05, 0.1) is 13.7 Å². The molecule has 0 radical (unpaired) electrons. The average Bonchev–Trinajstić information content (AvgIpc) is 2.53. The van der Waals surface area contributed by atoms with Crippen molar-refractivity contribution in [3.63, 3.8) is 0 Å². The van der Waals surface area contributed by atoms with Crippen LogP contribution in [0.4, 0.5) is 5.69 Å². The Labute approximate surface area is 127 Å². The van der Waals surface area contributed by atoms with E-state index in [1.165, 1.54) is 13.2 Å². The van der Waals surface area contributed by atoms with Gasteiger partial charge in [-0.1, -0.05) is 0 Å². The summed E-state index contributed by atoms with van der Waals surface area (Å²) in [7, 11) is 1.43. The number of aliphatic hydroxyl groups excluding tert-OH is 4. The molecule has 1 aliphatic heterocycles. The molecule has 1 aromatic carbocycles. The first-order valence-electron chi connectivity index (χ1n) is 6.89. The van der Waals surface area contributed by atoms with Crippen molar-refractivity contribution in [2.24, 2.45) is 0 Å². The van der Waals surface area contributed by atoms with Crippen molar-refractivity contribution in [2.75, 3.05) is 25.6 Å². The highest BCUT2D eigenvalue weighted by molar-refractivity contribution is 5.54. The molecule has 1 aliphatic rings. The lowest BCUT2D eigenvalue weighted by Gasteiger charge is -2.40. The number of anilines is 1. The number of benzene rings is 1. The number of methoxy groups -OCH3 is 1. The lowest BCUT2D eigenvalue weighted by molar-refractivity contribution is -0.225. The number of nitrogens with one attached hydrogen (secondary N) is 1. The summed E-state index contributed by atoms with van der Waals surface area (Å²) in [6.45, 7) is -0.330. The highest BCUT2D eigenvalue weighted by atomic mass is 16.5. The van der Waals surface area contributed by atoms with Crippen LogP contribution in [-0.2, 0) is 4.74 Å². The number of hydrogen-bond acceptors (Lipinski definition) is 8. The predicted octanol–water partition coefficient (Wildman–Crippen LogP) is -1.34. The molecule has 1 unspecified atom stereocenters. The van der Waals surface area contributed by atoms with Gasteiger partial charge in [0.2, 0.25) is 0 Å². The summed E-state index contributed by atoms with van der Waals surface area (Å²) >= 11 is 0. The van der Waals surface area contributed by atoms with Gasteiger partial charge in [-0.05, 0) is 12.1 Å². The second-order valence-corrected chi connectivity index (χ2v) is 5.13. The van der Waals surface area contributed by atoms with Crippen LogP contribution < -0.4 is 10.1 Å². The van der Waals surface area contributed by atoms with Crippen molar-refractivity contribution in [3.8, 4) is 11.5 Å². The molecule has 6 N–H and O–H groups in total. The lowest BCUT2D eigenvalue weighted by Crippen LogP contribution is -2.60. The highest BCUT2D eigenvalue weighted by Crippen LogP contribution is 2.29. The molecule has 1 fully saturated rings. The van der Waals surface area contributed by atoms with Gasteiger partial charge < -0.3 is 40.3 Å². The van der Waals surface area contributed by atoms with Crippen LogP contribution in [0.3, 0.4) is 0 Å². The summed E-state index contributed by atoms with van der Waals surface area (Å²) in [6, 6.07) is 4.63. The summed E-state index contributed by atoms with van der Waals surface area (Å²) in [4.78, 5) is 0. The zero-order valence-corrected chi connectivity index (χ0v) is 12.1. The minimum Gasteiger partial charge on any atom is -0.504 e. The van der Waals surface area contributed by atoms with Gasteiger partial charge in [0.1, 0.15) is 30.5 Å². The fraction of sp³-hybridized carbons (Fsp3) is 0.571. The fourth-order valence-electron chi connectivity index (χ4n) is 2.35. The molecule has 0 amide bonds. The van der Waals surface area contributed by atoms with Crippen molar-refractivity contribution >= 4 is 5.69 Å². The Kier molecular flexibility index (Phi) is 5.43. The monoisotopic (exact) mass is 315 g/mol. The first-order chi connectivity index (χ1) is 10.5. The first-order valence-corrected chi connectivity index (χ1v) is 6.89. The molecule has 0 aliphatic carbocycles. The van der Waals surface area contributed by atoms with E-state index in [-0.39, 0.29) is 12.3 Å². The molecule has 0 aromatic heterocycles. The second-order valence-electron chi connectivity index (χ2n) is 5.13. The normalized spacial score (nSPS) is 31.8. The van der Waals surface area contributed by atoms with Crippen LogP contribution in [0.1, 0.15) is 0 Å². The van der Waals surface area contributed by atoms with Gasteiger partial charge in [-0.3, -0.25) is 0 Å². The molecule has 8 heteroatoms. The Morgan fingerprint density at radius 1 is 1.14 bits per heavy atom. The predicted molar refractivity (Wildman–Crippen MR) is 76.9 cm³/mol. The Hall–Kier alpha value is -1.58. The summed E-state index contributed by atoms with van der Waals surface area (Å²) in [5.41, 5.74) is 0.617. The van der Waals surface area contributed by atoms with Crippen LogP contribution in [-0.4, -0.2) is 76.3 Å². The molecule has 22 heavy (non-hydrogen) atoms. The number of aliphatic hydroxyl groups is 4. The third-order valence-corrected chi connectivity index (χ3v) is 3.68. The molecular formula is C14H21NO7. The first kappa shape index (κ1) is 16.8. The lowest BCUT2D eigenvalue weighted by atomic mass is 9.95. The average molecular weight is 315 g/mol. The van der Waals surface area contributed by atoms with Crippen LogP contribution in [0.15, 0.2) is 18.2 Å². The number of hydrogen-bond donors (Lipinski definition) is 6. The van der Waals surface area contributed by atoms with E-state index in [0.717, 1.165) is 0 Å². The van der Waals surface area contributed by atoms with E-state index < -0.39 is 37.1 Å². The maximum atomic E-state index is 9.92. The maximum absolute atomic E-state index is 9.92. The van der Waals surface area contributed by atoms with Crippen LogP contribution >= 0.6 is 0 Å². The minimum absolute atomic E-state index is 0.000824. The third-order valence-electron chi connectivity index (χ3n) is 3.68. The maximum Gasteiger partial charge on any atom is 0.162 e. The minimum atomic E-state index is -1.40. The topological polar surface area (TPSA) is 132 Å².